The predicted molar refractivity (Wildman–Crippen MR) is 62.6 cm³/mol. The van der Waals surface area contributed by atoms with Crippen molar-refractivity contribution in [1.29, 1.82) is 0 Å². The van der Waals surface area contributed by atoms with E-state index in [9.17, 15) is 0 Å². The molecule has 2 aliphatic rings. The summed E-state index contributed by atoms with van der Waals surface area (Å²) in [4.78, 5) is 0. The summed E-state index contributed by atoms with van der Waals surface area (Å²) in [5.41, 5.74) is 4.17. The van der Waals surface area contributed by atoms with Gasteiger partial charge in [0.1, 0.15) is 0 Å². The lowest BCUT2D eigenvalue weighted by Crippen LogP contribution is -1.85. The van der Waals surface area contributed by atoms with Crippen molar-refractivity contribution in [3.63, 3.8) is 0 Å². The van der Waals surface area contributed by atoms with Crippen LogP contribution in [0.1, 0.15) is 17.0 Å². The maximum absolute atomic E-state index is 3.38. The van der Waals surface area contributed by atoms with Crippen molar-refractivity contribution in [2.75, 3.05) is 0 Å². The van der Waals surface area contributed by atoms with Crippen LogP contribution in [-0.4, -0.2) is 0 Å². The summed E-state index contributed by atoms with van der Waals surface area (Å²) in [7, 11) is 0. The van der Waals surface area contributed by atoms with Gasteiger partial charge < -0.3 is 0 Å². The summed E-state index contributed by atoms with van der Waals surface area (Å²) in [6.07, 6.45) is 6.65. The van der Waals surface area contributed by atoms with Crippen molar-refractivity contribution >= 4 is 16.3 Å². The van der Waals surface area contributed by atoms with Crippen LogP contribution in [0.5, 0.6) is 0 Å². The fourth-order valence-electron chi connectivity index (χ4n) is 2.78. The molecule has 0 aliphatic heterocycles. The second kappa shape index (κ2) is 2.40. The second-order valence-electron chi connectivity index (χ2n) is 4.15. The molecule has 1 unspecified atom stereocenters. The third-order valence-corrected chi connectivity index (χ3v) is 3.41. The molecule has 0 heterocycles. The van der Waals surface area contributed by atoms with Gasteiger partial charge in [-0.25, -0.2) is 0 Å². The number of hydrogen-bond acceptors (Lipinski definition) is 0. The van der Waals surface area contributed by atoms with Crippen LogP contribution in [0.25, 0.3) is 16.3 Å². The summed E-state index contributed by atoms with van der Waals surface area (Å²) >= 11 is 0. The van der Waals surface area contributed by atoms with E-state index in [1.807, 2.05) is 6.07 Å². The van der Waals surface area contributed by atoms with E-state index >= 15 is 0 Å². The second-order valence-corrected chi connectivity index (χ2v) is 4.15. The Hall–Kier alpha value is -1.82. The first-order valence-electron chi connectivity index (χ1n) is 5.27. The van der Waals surface area contributed by atoms with Crippen molar-refractivity contribution < 1.29 is 0 Å². The van der Waals surface area contributed by atoms with E-state index < -0.39 is 0 Å². The molecule has 0 amide bonds. The van der Waals surface area contributed by atoms with Crippen LogP contribution in [0, 0.1) is 6.07 Å². The maximum atomic E-state index is 3.38. The average molecular weight is 189 g/mol. The van der Waals surface area contributed by atoms with E-state index in [1.54, 1.807) is 0 Å². The van der Waals surface area contributed by atoms with Crippen LogP contribution in [0.15, 0.2) is 48.6 Å². The largest absolute Gasteiger partial charge is 0.0726 e. The number of rotatable bonds is 0. The predicted octanol–water partition coefficient (Wildman–Crippen LogP) is 3.69. The minimum atomic E-state index is 0.488. The Balaban J connectivity index is 2.25. The highest BCUT2D eigenvalue weighted by Gasteiger charge is 2.28. The van der Waals surface area contributed by atoms with Crippen molar-refractivity contribution in [3.8, 4) is 0 Å². The van der Waals surface area contributed by atoms with Gasteiger partial charge in [-0.15, -0.1) is 0 Å². The molecular formula is C15H9. The Morgan fingerprint density at radius 1 is 1.13 bits per heavy atom. The zero-order valence-corrected chi connectivity index (χ0v) is 8.20. The molecule has 1 radical (unpaired) electrons. The molecular weight excluding hydrogens is 180 g/mol. The summed E-state index contributed by atoms with van der Waals surface area (Å²) in [5.74, 6) is 0.488. The molecule has 15 heavy (non-hydrogen) atoms. The van der Waals surface area contributed by atoms with Gasteiger partial charge in [0.05, 0.1) is 0 Å². The van der Waals surface area contributed by atoms with Crippen molar-refractivity contribution in [2.24, 2.45) is 0 Å². The Bertz CT molecular complexity index is 624. The highest BCUT2D eigenvalue weighted by molar-refractivity contribution is 6.04. The van der Waals surface area contributed by atoms with Crippen LogP contribution in [0.2, 0.25) is 0 Å². The van der Waals surface area contributed by atoms with Gasteiger partial charge in [0.15, 0.2) is 0 Å². The van der Waals surface area contributed by atoms with Gasteiger partial charge in [-0.05, 0) is 33.5 Å². The summed E-state index contributed by atoms with van der Waals surface area (Å²) < 4.78 is 0. The lowest BCUT2D eigenvalue weighted by Gasteiger charge is -2.03. The van der Waals surface area contributed by atoms with Gasteiger partial charge in [0, 0.05) is 5.92 Å². The van der Waals surface area contributed by atoms with Gasteiger partial charge in [0.2, 0.25) is 0 Å². The molecule has 0 bridgehead atoms. The van der Waals surface area contributed by atoms with E-state index in [0.29, 0.717) is 5.92 Å². The van der Waals surface area contributed by atoms with E-state index in [2.05, 4.69) is 48.6 Å². The van der Waals surface area contributed by atoms with Gasteiger partial charge in [0.25, 0.3) is 0 Å². The summed E-state index contributed by atoms with van der Waals surface area (Å²) in [6.45, 7) is 0. The molecule has 2 aliphatic carbocycles. The van der Waals surface area contributed by atoms with E-state index in [4.69, 9.17) is 0 Å². The normalized spacial score (nSPS) is 20.8. The first kappa shape index (κ1) is 7.47. The first-order valence-corrected chi connectivity index (χ1v) is 5.27. The molecule has 0 nitrogen and oxygen atoms in total. The molecule has 2 aromatic carbocycles. The molecule has 69 valence electrons. The topological polar surface area (TPSA) is 0 Å². The van der Waals surface area contributed by atoms with Gasteiger partial charge in [-0.1, -0.05) is 48.6 Å². The third-order valence-electron chi connectivity index (χ3n) is 3.41. The molecule has 1 atom stereocenters. The minimum absolute atomic E-state index is 0.488. The van der Waals surface area contributed by atoms with Crippen LogP contribution < -0.4 is 0 Å². The molecule has 0 N–H and O–H groups in total. The summed E-state index contributed by atoms with van der Waals surface area (Å²) in [5, 5.41) is 2.74. The molecule has 4 rings (SSSR count). The molecule has 0 fully saturated rings. The molecule has 0 aromatic heterocycles. The zero-order valence-electron chi connectivity index (χ0n) is 8.20. The monoisotopic (exact) mass is 189 g/mol. The van der Waals surface area contributed by atoms with Crippen LogP contribution in [0.3, 0.4) is 0 Å². The molecule has 0 saturated heterocycles. The van der Waals surface area contributed by atoms with Crippen LogP contribution in [-0.2, 0) is 0 Å². The number of allylic oxidation sites excluding steroid dienone is 4. The van der Waals surface area contributed by atoms with Gasteiger partial charge in [-0.3, -0.25) is 0 Å². The zero-order chi connectivity index (χ0) is 9.83. The van der Waals surface area contributed by atoms with Crippen LogP contribution >= 0.6 is 0 Å². The quantitative estimate of drug-likeness (QED) is 0.593. The maximum Gasteiger partial charge on any atom is 0.0285 e. The van der Waals surface area contributed by atoms with Crippen LogP contribution in [0.4, 0.5) is 0 Å². The summed E-state index contributed by atoms with van der Waals surface area (Å²) in [6, 6.07) is 14.1. The minimum Gasteiger partial charge on any atom is -0.0726 e. The third kappa shape index (κ3) is 0.782. The van der Waals surface area contributed by atoms with E-state index in [1.165, 1.54) is 27.5 Å². The smallest absolute Gasteiger partial charge is 0.0285 e. The number of benzene rings is 2. The number of hydrogen-bond donors (Lipinski definition) is 0. The van der Waals surface area contributed by atoms with Gasteiger partial charge >= 0.3 is 0 Å². The first-order chi connectivity index (χ1) is 7.45. The Labute approximate surface area is 88.5 Å². The van der Waals surface area contributed by atoms with E-state index in [0.717, 1.165) is 0 Å². The Kier molecular flexibility index (Phi) is 1.20. The lowest BCUT2D eigenvalue weighted by atomic mass is 9.99. The fraction of sp³-hybridized carbons (Fsp3) is 0.0667. The van der Waals surface area contributed by atoms with Crippen molar-refractivity contribution in [3.05, 3.63) is 65.8 Å². The van der Waals surface area contributed by atoms with Crippen molar-refractivity contribution in [2.45, 2.75) is 5.92 Å². The van der Waals surface area contributed by atoms with Crippen molar-refractivity contribution in [1.82, 2.24) is 0 Å². The lowest BCUT2D eigenvalue weighted by molar-refractivity contribution is 1.18. The van der Waals surface area contributed by atoms with E-state index in [-0.39, 0.29) is 0 Å². The average Bonchev–Trinajstić information content (AvgIpc) is 2.84. The fourth-order valence-corrected chi connectivity index (χ4v) is 2.78. The molecule has 2 aromatic rings. The highest BCUT2D eigenvalue weighted by Crippen LogP contribution is 2.48. The molecule has 0 saturated carbocycles. The standard InChI is InChI=1S/C15H9/c1-4-10-5-2-9-14-12-7-3-6-11(12)13(8-1)15(10)14/h1-8,11H. The highest BCUT2D eigenvalue weighted by atomic mass is 14.3. The molecule has 0 spiro atoms. The Morgan fingerprint density at radius 3 is 3.13 bits per heavy atom. The SMILES string of the molecule is [c]1ccc2cccc3c2c1C1=CC=CC13. The Morgan fingerprint density at radius 2 is 2.13 bits per heavy atom. The molecule has 0 heteroatoms. The van der Waals surface area contributed by atoms with Gasteiger partial charge in [-0.2, -0.15) is 0 Å². The number of fused-ring (bicyclic) bond motifs is 3.